The van der Waals surface area contributed by atoms with Crippen molar-refractivity contribution in [1.29, 1.82) is 0 Å². The molecule has 0 saturated heterocycles. The summed E-state index contributed by atoms with van der Waals surface area (Å²) in [4.78, 5) is 0. The molecule has 1 aromatic carbocycles. The van der Waals surface area contributed by atoms with Crippen LogP contribution in [0, 0.1) is 0 Å². The summed E-state index contributed by atoms with van der Waals surface area (Å²) in [5, 5.41) is -0.429. The van der Waals surface area contributed by atoms with E-state index in [0.717, 1.165) is 15.8 Å². The van der Waals surface area contributed by atoms with Crippen LogP contribution in [0.4, 0.5) is 4.39 Å². The van der Waals surface area contributed by atoms with Gasteiger partial charge in [-0.05, 0) is 5.56 Å². The zero-order chi connectivity index (χ0) is 9.19. The Hall–Kier alpha value is -0.893. The van der Waals surface area contributed by atoms with Gasteiger partial charge in [0.15, 0.2) is 0 Å². The molecule has 1 aromatic rings. The topological polar surface area (TPSA) is 0 Å². The summed E-state index contributed by atoms with van der Waals surface area (Å²) in [6, 6.07) is 9.67. The fourth-order valence-corrected chi connectivity index (χ4v) is 1.34. The molecule has 0 aliphatic heterocycles. The second-order valence-corrected chi connectivity index (χ2v) is 5.40. The van der Waals surface area contributed by atoms with E-state index in [-0.39, 0.29) is 5.83 Å². The molecule has 0 aromatic heterocycles. The lowest BCUT2D eigenvalue weighted by Crippen LogP contribution is -2.22. The molecule has 0 saturated carbocycles. The summed E-state index contributed by atoms with van der Waals surface area (Å²) < 4.78 is 13.0. The lowest BCUT2D eigenvalue weighted by molar-refractivity contribution is 0.534. The van der Waals surface area contributed by atoms with Gasteiger partial charge in [0.1, 0.15) is 0 Å². The predicted octanol–water partition coefficient (Wildman–Crippen LogP) is 1.75. The minimum Gasteiger partial charge on any atom is -0.212 e. The minimum atomic E-state index is -0.429. The number of rotatable bonds is 2. The number of hydrogen-bond donors (Lipinski definition) is 0. The van der Waals surface area contributed by atoms with Crippen molar-refractivity contribution < 1.29 is 4.39 Å². The van der Waals surface area contributed by atoms with Gasteiger partial charge in [-0.3, -0.25) is 0 Å². The molecule has 0 heterocycles. The lowest BCUT2D eigenvalue weighted by atomic mass is 9.99. The summed E-state index contributed by atoms with van der Waals surface area (Å²) in [5.41, 5.74) is 1.02. The predicted molar refractivity (Wildman–Crippen MR) is 54.0 cm³/mol. The third-order valence-corrected chi connectivity index (χ3v) is 3.29. The summed E-state index contributed by atoms with van der Waals surface area (Å²) in [6.07, 6.45) is 0. The van der Waals surface area contributed by atoms with E-state index in [1.54, 1.807) is 0 Å². The van der Waals surface area contributed by atoms with Crippen molar-refractivity contribution in [2.24, 2.45) is 0 Å². The average molecular weight is 180 g/mol. The van der Waals surface area contributed by atoms with Gasteiger partial charge >= 0.3 is 0 Å². The summed E-state index contributed by atoms with van der Waals surface area (Å²) in [7, 11) is 0.746. The number of benzene rings is 1. The molecule has 0 amide bonds. The molecule has 1 atom stereocenters. The molecule has 0 N–H and O–H groups in total. The van der Waals surface area contributed by atoms with E-state index in [4.69, 9.17) is 0 Å². The summed E-state index contributed by atoms with van der Waals surface area (Å²) >= 11 is 0. The van der Waals surface area contributed by atoms with Gasteiger partial charge in [0.05, 0.1) is 5.83 Å². The van der Waals surface area contributed by atoms with E-state index in [1.807, 2.05) is 37.3 Å². The zero-order valence-electron chi connectivity index (χ0n) is 7.47. The first-order valence-electron chi connectivity index (χ1n) is 3.95. The standard InChI is InChI=1S/C10H13FSi/c1-8(11)10(2,12)9-6-4-3-5-7-9/h3-7H,1H2,2,12H3. The Morgan fingerprint density at radius 2 is 1.92 bits per heavy atom. The van der Waals surface area contributed by atoms with E-state index in [1.165, 1.54) is 0 Å². The molecule has 0 fully saturated rings. The Labute approximate surface area is 75.5 Å². The van der Waals surface area contributed by atoms with Crippen LogP contribution in [-0.2, 0) is 5.04 Å². The van der Waals surface area contributed by atoms with Crippen LogP contribution in [0.15, 0.2) is 42.7 Å². The van der Waals surface area contributed by atoms with Crippen LogP contribution in [0.2, 0.25) is 0 Å². The Balaban J connectivity index is 3.06. The van der Waals surface area contributed by atoms with E-state index in [9.17, 15) is 4.39 Å². The lowest BCUT2D eigenvalue weighted by Gasteiger charge is -2.22. The largest absolute Gasteiger partial charge is 0.212 e. The molecule has 0 nitrogen and oxygen atoms in total. The molecular formula is C10H13FSi. The second kappa shape index (κ2) is 3.23. The van der Waals surface area contributed by atoms with Gasteiger partial charge in [-0.2, -0.15) is 0 Å². The van der Waals surface area contributed by atoms with Crippen molar-refractivity contribution >= 4 is 10.2 Å². The van der Waals surface area contributed by atoms with Gasteiger partial charge in [0, 0.05) is 15.3 Å². The molecule has 64 valence electrons. The maximum atomic E-state index is 13.0. The molecule has 0 aliphatic rings. The van der Waals surface area contributed by atoms with Crippen LogP contribution in [0.5, 0.6) is 0 Å². The smallest absolute Gasteiger partial charge is 0.0992 e. The first kappa shape index (κ1) is 9.20. The molecule has 0 radical (unpaired) electrons. The monoisotopic (exact) mass is 180 g/mol. The van der Waals surface area contributed by atoms with Crippen LogP contribution in [0.25, 0.3) is 0 Å². The molecule has 2 heteroatoms. The van der Waals surface area contributed by atoms with Crippen molar-refractivity contribution in [3.8, 4) is 0 Å². The Bertz CT molecular complexity index is 277. The molecule has 0 aliphatic carbocycles. The second-order valence-electron chi connectivity index (χ2n) is 3.40. The SMILES string of the molecule is C=C(F)C(C)([SiH3])c1ccccc1. The van der Waals surface area contributed by atoms with E-state index in [2.05, 4.69) is 6.58 Å². The molecule has 0 bridgehead atoms. The fourth-order valence-electron chi connectivity index (χ4n) is 1.01. The van der Waals surface area contributed by atoms with Crippen LogP contribution >= 0.6 is 0 Å². The van der Waals surface area contributed by atoms with Crippen LogP contribution in [0.1, 0.15) is 12.5 Å². The highest BCUT2D eigenvalue weighted by Crippen LogP contribution is 2.27. The van der Waals surface area contributed by atoms with Crippen LogP contribution < -0.4 is 0 Å². The normalized spacial score (nSPS) is 15.5. The molecule has 1 rings (SSSR count). The molecule has 12 heavy (non-hydrogen) atoms. The van der Waals surface area contributed by atoms with E-state index >= 15 is 0 Å². The highest BCUT2D eigenvalue weighted by molar-refractivity contribution is 6.17. The van der Waals surface area contributed by atoms with Gasteiger partial charge in [0.25, 0.3) is 0 Å². The van der Waals surface area contributed by atoms with Crippen molar-refractivity contribution in [3.63, 3.8) is 0 Å². The zero-order valence-corrected chi connectivity index (χ0v) is 9.47. The number of halogens is 1. The maximum Gasteiger partial charge on any atom is 0.0992 e. The molecular weight excluding hydrogens is 167 g/mol. The Morgan fingerprint density at radius 3 is 2.33 bits per heavy atom. The van der Waals surface area contributed by atoms with Gasteiger partial charge in [-0.1, -0.05) is 43.8 Å². The third kappa shape index (κ3) is 1.64. The molecule has 0 spiro atoms. The van der Waals surface area contributed by atoms with Gasteiger partial charge in [-0.25, -0.2) is 4.39 Å². The summed E-state index contributed by atoms with van der Waals surface area (Å²) in [5.74, 6) is -0.236. The maximum absolute atomic E-state index is 13.0. The Morgan fingerprint density at radius 1 is 1.42 bits per heavy atom. The summed E-state index contributed by atoms with van der Waals surface area (Å²) in [6.45, 7) is 5.26. The van der Waals surface area contributed by atoms with Crippen LogP contribution in [0.3, 0.4) is 0 Å². The van der Waals surface area contributed by atoms with E-state index < -0.39 is 5.04 Å². The third-order valence-electron chi connectivity index (χ3n) is 2.17. The Kier molecular flexibility index (Phi) is 2.48. The minimum absolute atomic E-state index is 0.236. The van der Waals surface area contributed by atoms with Crippen molar-refractivity contribution in [1.82, 2.24) is 0 Å². The van der Waals surface area contributed by atoms with Crippen molar-refractivity contribution in [2.75, 3.05) is 0 Å². The fraction of sp³-hybridized carbons (Fsp3) is 0.200. The first-order valence-corrected chi connectivity index (χ1v) is 4.95. The van der Waals surface area contributed by atoms with E-state index in [0.29, 0.717) is 0 Å². The average Bonchev–Trinajstić information content (AvgIpc) is 2.06. The van der Waals surface area contributed by atoms with Gasteiger partial charge in [0.2, 0.25) is 0 Å². The highest BCUT2D eigenvalue weighted by Gasteiger charge is 2.23. The quantitative estimate of drug-likeness (QED) is 0.608. The highest BCUT2D eigenvalue weighted by atomic mass is 28.1. The number of allylic oxidation sites excluding steroid dienone is 1. The van der Waals surface area contributed by atoms with Crippen LogP contribution in [-0.4, -0.2) is 10.2 Å². The molecule has 1 unspecified atom stereocenters. The van der Waals surface area contributed by atoms with Gasteiger partial charge in [-0.15, -0.1) is 0 Å². The van der Waals surface area contributed by atoms with Crippen molar-refractivity contribution in [3.05, 3.63) is 48.3 Å². The number of hydrogen-bond acceptors (Lipinski definition) is 0. The van der Waals surface area contributed by atoms with Gasteiger partial charge < -0.3 is 0 Å². The van der Waals surface area contributed by atoms with Crippen molar-refractivity contribution in [2.45, 2.75) is 12.0 Å². The first-order chi connectivity index (χ1) is 5.55.